The Morgan fingerprint density at radius 1 is 1.00 bits per heavy atom. The third-order valence-corrected chi connectivity index (χ3v) is 6.16. The first-order valence-corrected chi connectivity index (χ1v) is 8.25. The second-order valence-corrected chi connectivity index (χ2v) is 7.37. The van der Waals surface area contributed by atoms with Gasteiger partial charge in [-0.15, -0.1) is 0 Å². The van der Waals surface area contributed by atoms with Crippen LogP contribution >= 0.6 is 0 Å². The number of rotatable bonds is 4. The molecule has 3 rings (SSSR count). The van der Waals surface area contributed by atoms with Crippen LogP contribution in [0.4, 0.5) is 4.39 Å². The normalized spacial score (nSPS) is 24.0. The monoisotopic (exact) mass is 320 g/mol. The number of hydrogen-bond donors (Lipinski definition) is 1. The van der Waals surface area contributed by atoms with E-state index in [1.807, 2.05) is 0 Å². The van der Waals surface area contributed by atoms with Gasteiger partial charge in [0.2, 0.25) is 0 Å². The fourth-order valence-electron chi connectivity index (χ4n) is 2.81. The molecule has 2 aromatic rings. The molecule has 114 valence electrons. The van der Waals surface area contributed by atoms with Crippen LogP contribution in [-0.4, -0.2) is 24.7 Å². The molecule has 1 fully saturated rings. The predicted octanol–water partition coefficient (Wildman–Crippen LogP) is 2.47. The molecule has 0 heterocycles. The molecule has 0 radical (unpaired) electrons. The Morgan fingerprint density at radius 2 is 1.59 bits per heavy atom. The SMILES string of the molecule is O=C(O)[C@@H]1[C@H](c2ccc(F)cc2)[C@H]1S(=O)(=O)c1ccccc1. The van der Waals surface area contributed by atoms with Gasteiger partial charge >= 0.3 is 5.97 Å². The van der Waals surface area contributed by atoms with Crippen molar-refractivity contribution in [2.75, 3.05) is 0 Å². The first-order chi connectivity index (χ1) is 10.4. The van der Waals surface area contributed by atoms with E-state index in [9.17, 15) is 22.7 Å². The largest absolute Gasteiger partial charge is 0.481 e. The standard InChI is InChI=1S/C16H13FO4S/c17-11-8-6-10(7-9-11)13-14(16(18)19)15(13)22(20,21)12-4-2-1-3-5-12/h1-9,13-15H,(H,18,19)/t13-,14+,15+/m0/s1. The van der Waals surface area contributed by atoms with Crippen LogP contribution in [0.3, 0.4) is 0 Å². The lowest BCUT2D eigenvalue weighted by molar-refractivity contribution is -0.138. The van der Waals surface area contributed by atoms with Crippen molar-refractivity contribution in [3.8, 4) is 0 Å². The number of sulfone groups is 1. The smallest absolute Gasteiger partial charge is 0.308 e. The van der Waals surface area contributed by atoms with E-state index in [0.29, 0.717) is 5.56 Å². The van der Waals surface area contributed by atoms with E-state index >= 15 is 0 Å². The molecule has 1 saturated carbocycles. The Bertz CT molecular complexity index is 800. The highest BCUT2D eigenvalue weighted by Crippen LogP contribution is 2.54. The summed E-state index contributed by atoms with van der Waals surface area (Å²) in [5.74, 6) is -3.25. The van der Waals surface area contributed by atoms with Crippen LogP contribution in [0.2, 0.25) is 0 Å². The number of carboxylic acid groups (broad SMARTS) is 1. The molecule has 3 atom stereocenters. The minimum Gasteiger partial charge on any atom is -0.481 e. The van der Waals surface area contributed by atoms with Crippen LogP contribution in [-0.2, 0) is 14.6 Å². The van der Waals surface area contributed by atoms with E-state index in [0.717, 1.165) is 0 Å². The quantitative estimate of drug-likeness (QED) is 0.939. The molecule has 4 nitrogen and oxygen atoms in total. The van der Waals surface area contributed by atoms with Gasteiger partial charge in [-0.3, -0.25) is 4.79 Å². The number of hydrogen-bond acceptors (Lipinski definition) is 3. The second kappa shape index (κ2) is 5.21. The fourth-order valence-corrected chi connectivity index (χ4v) is 4.96. The summed E-state index contributed by atoms with van der Waals surface area (Å²) in [4.78, 5) is 11.5. The van der Waals surface area contributed by atoms with Crippen molar-refractivity contribution in [1.82, 2.24) is 0 Å². The zero-order chi connectivity index (χ0) is 15.9. The molecule has 0 bridgehead atoms. The third-order valence-electron chi connectivity index (χ3n) is 3.92. The highest BCUT2D eigenvalue weighted by molar-refractivity contribution is 7.92. The topological polar surface area (TPSA) is 71.4 Å². The minimum atomic E-state index is -3.74. The Kier molecular flexibility index (Phi) is 3.48. The van der Waals surface area contributed by atoms with Crippen molar-refractivity contribution in [1.29, 1.82) is 0 Å². The summed E-state index contributed by atoms with van der Waals surface area (Å²) in [6.07, 6.45) is 0. The molecule has 0 unspecified atom stereocenters. The van der Waals surface area contributed by atoms with Crippen LogP contribution in [0.25, 0.3) is 0 Å². The van der Waals surface area contributed by atoms with Crippen LogP contribution in [0.1, 0.15) is 11.5 Å². The van der Waals surface area contributed by atoms with E-state index < -0.39 is 38.7 Å². The van der Waals surface area contributed by atoms with E-state index in [2.05, 4.69) is 0 Å². The highest BCUT2D eigenvalue weighted by Gasteiger charge is 2.63. The Labute approximate surface area is 127 Å². The predicted molar refractivity (Wildman–Crippen MR) is 77.7 cm³/mol. The molecule has 0 aromatic heterocycles. The molecule has 2 aromatic carbocycles. The van der Waals surface area contributed by atoms with Gasteiger partial charge in [-0.2, -0.15) is 0 Å². The number of halogens is 1. The number of benzene rings is 2. The molecular weight excluding hydrogens is 307 g/mol. The molecule has 0 amide bonds. The lowest BCUT2D eigenvalue weighted by Crippen LogP contribution is -2.13. The molecule has 1 N–H and O–H groups in total. The molecule has 1 aliphatic carbocycles. The molecule has 0 aliphatic heterocycles. The van der Waals surface area contributed by atoms with Crippen LogP contribution in [0, 0.1) is 11.7 Å². The van der Waals surface area contributed by atoms with Gasteiger partial charge in [-0.1, -0.05) is 30.3 Å². The van der Waals surface area contributed by atoms with Crippen molar-refractivity contribution in [2.45, 2.75) is 16.1 Å². The number of aliphatic carboxylic acids is 1. The van der Waals surface area contributed by atoms with Crippen molar-refractivity contribution in [3.63, 3.8) is 0 Å². The molecule has 22 heavy (non-hydrogen) atoms. The van der Waals surface area contributed by atoms with Crippen molar-refractivity contribution >= 4 is 15.8 Å². The van der Waals surface area contributed by atoms with E-state index in [1.165, 1.54) is 36.4 Å². The lowest BCUT2D eigenvalue weighted by atomic mass is 10.1. The summed E-state index contributed by atoms with van der Waals surface area (Å²) in [5.41, 5.74) is 0.526. The average molecular weight is 320 g/mol. The van der Waals surface area contributed by atoms with Gasteiger partial charge in [0.05, 0.1) is 16.1 Å². The molecule has 0 spiro atoms. The summed E-state index contributed by atoms with van der Waals surface area (Å²) < 4.78 is 38.2. The molecular formula is C16H13FO4S. The van der Waals surface area contributed by atoms with Gasteiger partial charge in [0.25, 0.3) is 0 Å². The molecule has 1 aliphatic rings. The zero-order valence-corrected chi connectivity index (χ0v) is 12.2. The Balaban J connectivity index is 1.99. The first-order valence-electron chi connectivity index (χ1n) is 6.70. The summed E-state index contributed by atoms with van der Waals surface area (Å²) in [7, 11) is -3.74. The van der Waals surface area contributed by atoms with Crippen molar-refractivity contribution in [3.05, 3.63) is 66.0 Å². The maximum atomic E-state index is 13.0. The van der Waals surface area contributed by atoms with E-state index in [-0.39, 0.29) is 4.90 Å². The maximum absolute atomic E-state index is 13.0. The Morgan fingerprint density at radius 3 is 2.14 bits per heavy atom. The second-order valence-electron chi connectivity index (χ2n) is 5.26. The van der Waals surface area contributed by atoms with Gasteiger partial charge in [0.15, 0.2) is 9.84 Å². The van der Waals surface area contributed by atoms with Crippen LogP contribution in [0.5, 0.6) is 0 Å². The lowest BCUT2D eigenvalue weighted by Gasteiger charge is -2.03. The third kappa shape index (κ3) is 2.39. The van der Waals surface area contributed by atoms with Crippen LogP contribution < -0.4 is 0 Å². The first kappa shape index (κ1) is 14.7. The van der Waals surface area contributed by atoms with Gasteiger partial charge in [0.1, 0.15) is 5.82 Å². The summed E-state index contributed by atoms with van der Waals surface area (Å²) in [6.45, 7) is 0. The maximum Gasteiger partial charge on any atom is 0.308 e. The van der Waals surface area contributed by atoms with Gasteiger partial charge in [0, 0.05) is 5.92 Å². The van der Waals surface area contributed by atoms with E-state index in [4.69, 9.17) is 0 Å². The van der Waals surface area contributed by atoms with Crippen LogP contribution in [0.15, 0.2) is 59.5 Å². The average Bonchev–Trinajstić information content (AvgIpc) is 3.25. The minimum absolute atomic E-state index is 0.107. The number of carboxylic acids is 1. The van der Waals surface area contributed by atoms with Gasteiger partial charge < -0.3 is 5.11 Å². The summed E-state index contributed by atoms with van der Waals surface area (Å²) >= 11 is 0. The highest BCUT2D eigenvalue weighted by atomic mass is 32.2. The summed E-state index contributed by atoms with van der Waals surface area (Å²) in [5, 5.41) is 8.27. The molecule has 6 heteroatoms. The zero-order valence-electron chi connectivity index (χ0n) is 11.4. The van der Waals surface area contributed by atoms with Crippen molar-refractivity contribution in [2.24, 2.45) is 5.92 Å². The summed E-state index contributed by atoms with van der Waals surface area (Å²) in [6, 6.07) is 13.1. The number of carbonyl (C=O) groups is 1. The van der Waals surface area contributed by atoms with Gasteiger partial charge in [-0.25, -0.2) is 12.8 Å². The fraction of sp³-hybridized carbons (Fsp3) is 0.188. The van der Waals surface area contributed by atoms with Gasteiger partial charge in [-0.05, 0) is 29.8 Å². The Hall–Kier alpha value is -2.21. The van der Waals surface area contributed by atoms with Crippen molar-refractivity contribution < 1.29 is 22.7 Å². The van der Waals surface area contributed by atoms with E-state index in [1.54, 1.807) is 18.2 Å². The molecule has 0 saturated heterocycles.